The maximum atomic E-state index is 5.68. The van der Waals surface area contributed by atoms with Crippen LogP contribution in [0.25, 0.3) is 0 Å². The van der Waals surface area contributed by atoms with Crippen molar-refractivity contribution in [1.29, 1.82) is 0 Å². The third-order valence-corrected chi connectivity index (χ3v) is 4.34. The lowest BCUT2D eigenvalue weighted by atomic mass is 9.79. The molecule has 1 heterocycles. The summed E-state index contributed by atoms with van der Waals surface area (Å²) >= 11 is 0. The minimum Gasteiger partial charge on any atom is -0.350 e. The first-order valence-electron chi connectivity index (χ1n) is 6.82. The molecule has 0 aromatic carbocycles. The quantitative estimate of drug-likeness (QED) is 0.527. The normalized spacial score (nSPS) is 31.0. The topological polar surface area (TPSA) is 18.5 Å². The molecule has 2 atom stereocenters. The molecule has 2 aliphatic rings. The van der Waals surface area contributed by atoms with Gasteiger partial charge >= 0.3 is 0 Å². The van der Waals surface area contributed by atoms with Crippen molar-refractivity contribution >= 4 is 8.07 Å². The lowest BCUT2D eigenvalue weighted by molar-refractivity contribution is -0.101. The fourth-order valence-electron chi connectivity index (χ4n) is 2.60. The van der Waals surface area contributed by atoms with Gasteiger partial charge in [-0.3, -0.25) is 0 Å². The van der Waals surface area contributed by atoms with Gasteiger partial charge in [0, 0.05) is 11.8 Å². The van der Waals surface area contributed by atoms with Crippen molar-refractivity contribution in [3.8, 4) is 11.5 Å². The van der Waals surface area contributed by atoms with Crippen LogP contribution >= 0.6 is 0 Å². The molecule has 0 amide bonds. The van der Waals surface area contributed by atoms with Crippen LogP contribution in [0.1, 0.15) is 25.7 Å². The zero-order valence-corrected chi connectivity index (χ0v) is 12.3. The fraction of sp³-hybridized carbons (Fsp3) is 0.857. The lowest BCUT2D eigenvalue weighted by Crippen LogP contribution is -2.31. The number of ether oxygens (including phenoxy) is 2. The first-order chi connectivity index (χ1) is 8.06. The van der Waals surface area contributed by atoms with E-state index in [0.717, 1.165) is 13.2 Å². The molecule has 96 valence electrons. The molecule has 0 spiro atoms. The van der Waals surface area contributed by atoms with Crippen molar-refractivity contribution in [1.82, 2.24) is 0 Å². The molecule has 0 unspecified atom stereocenters. The number of rotatable bonds is 1. The molecular formula is C14H24O2Si. The summed E-state index contributed by atoms with van der Waals surface area (Å²) < 4.78 is 11.4. The first-order valence-corrected chi connectivity index (χ1v) is 10.3. The van der Waals surface area contributed by atoms with Gasteiger partial charge in [0.1, 0.15) is 8.07 Å². The van der Waals surface area contributed by atoms with Crippen molar-refractivity contribution in [2.75, 3.05) is 13.2 Å². The average molecular weight is 252 g/mol. The largest absolute Gasteiger partial charge is 0.350 e. The van der Waals surface area contributed by atoms with Gasteiger partial charge < -0.3 is 9.47 Å². The maximum Gasteiger partial charge on any atom is 0.161 e. The van der Waals surface area contributed by atoms with Crippen LogP contribution in [0.15, 0.2) is 0 Å². The Bertz CT molecular complexity index is 304. The second-order valence-electron chi connectivity index (χ2n) is 6.18. The second-order valence-corrected chi connectivity index (χ2v) is 10.9. The van der Waals surface area contributed by atoms with Gasteiger partial charge in [0.05, 0.1) is 13.2 Å². The summed E-state index contributed by atoms with van der Waals surface area (Å²) in [5.74, 6) is 4.55. The fourth-order valence-corrected chi connectivity index (χ4v) is 3.22. The Labute approximate surface area is 106 Å². The van der Waals surface area contributed by atoms with Crippen molar-refractivity contribution in [3.05, 3.63) is 0 Å². The third kappa shape index (κ3) is 3.84. The molecule has 1 aliphatic heterocycles. The zero-order chi connectivity index (χ0) is 12.3. The Morgan fingerprint density at radius 1 is 1.00 bits per heavy atom. The molecule has 2 fully saturated rings. The van der Waals surface area contributed by atoms with Gasteiger partial charge in [0.2, 0.25) is 0 Å². The van der Waals surface area contributed by atoms with Crippen LogP contribution in [-0.2, 0) is 9.47 Å². The van der Waals surface area contributed by atoms with E-state index in [1.165, 1.54) is 25.7 Å². The highest BCUT2D eigenvalue weighted by molar-refractivity contribution is 6.83. The zero-order valence-electron chi connectivity index (χ0n) is 11.3. The maximum absolute atomic E-state index is 5.68. The molecule has 2 rings (SSSR count). The average Bonchev–Trinajstić information content (AvgIpc) is 2.79. The smallest absolute Gasteiger partial charge is 0.161 e. The number of hydrogen-bond donors (Lipinski definition) is 0. The Kier molecular flexibility index (Phi) is 4.30. The van der Waals surface area contributed by atoms with Gasteiger partial charge in [-0.15, -0.1) is 11.5 Å². The first kappa shape index (κ1) is 13.1. The molecular weight excluding hydrogens is 228 g/mol. The Hall–Kier alpha value is -0.303. The van der Waals surface area contributed by atoms with Crippen molar-refractivity contribution in [2.24, 2.45) is 11.8 Å². The van der Waals surface area contributed by atoms with Crippen LogP contribution in [-0.4, -0.2) is 27.6 Å². The summed E-state index contributed by atoms with van der Waals surface area (Å²) in [5, 5.41) is 0. The lowest BCUT2D eigenvalue weighted by Gasteiger charge is -2.31. The molecule has 2 nitrogen and oxygen atoms in total. The molecule has 1 saturated heterocycles. The SMILES string of the molecule is C[Si](C)(C)C#C[C@@H]1CCCC[C@H]1C1OCCO1. The molecule has 1 saturated carbocycles. The van der Waals surface area contributed by atoms with Crippen LogP contribution in [0.3, 0.4) is 0 Å². The molecule has 17 heavy (non-hydrogen) atoms. The molecule has 3 heteroatoms. The van der Waals surface area contributed by atoms with Crippen molar-refractivity contribution in [3.63, 3.8) is 0 Å². The predicted molar refractivity (Wildman–Crippen MR) is 72.3 cm³/mol. The summed E-state index contributed by atoms with van der Waals surface area (Å²) in [6.45, 7) is 8.44. The van der Waals surface area contributed by atoms with E-state index in [1.807, 2.05) is 0 Å². The van der Waals surface area contributed by atoms with Gasteiger partial charge in [-0.1, -0.05) is 32.5 Å². The van der Waals surface area contributed by atoms with E-state index in [9.17, 15) is 0 Å². The third-order valence-electron chi connectivity index (χ3n) is 3.45. The van der Waals surface area contributed by atoms with Gasteiger partial charge in [-0.2, -0.15) is 0 Å². The van der Waals surface area contributed by atoms with Crippen LogP contribution < -0.4 is 0 Å². The summed E-state index contributed by atoms with van der Waals surface area (Å²) in [4.78, 5) is 0. The van der Waals surface area contributed by atoms with Gasteiger partial charge in [-0.05, 0) is 12.8 Å². The highest BCUT2D eigenvalue weighted by atomic mass is 28.3. The van der Waals surface area contributed by atoms with E-state index in [-0.39, 0.29) is 6.29 Å². The Morgan fingerprint density at radius 2 is 1.65 bits per heavy atom. The second kappa shape index (κ2) is 5.56. The minimum absolute atomic E-state index is 0.0243. The molecule has 0 radical (unpaired) electrons. The number of hydrogen-bond acceptors (Lipinski definition) is 2. The summed E-state index contributed by atoms with van der Waals surface area (Å²) in [7, 11) is -1.25. The predicted octanol–water partition coefficient (Wildman–Crippen LogP) is 3.05. The van der Waals surface area contributed by atoms with Crippen LogP contribution in [0, 0.1) is 23.3 Å². The van der Waals surface area contributed by atoms with E-state index in [0.29, 0.717) is 11.8 Å². The Morgan fingerprint density at radius 3 is 2.29 bits per heavy atom. The van der Waals surface area contributed by atoms with Crippen LogP contribution in [0.5, 0.6) is 0 Å². The summed E-state index contributed by atoms with van der Waals surface area (Å²) in [6, 6.07) is 0. The van der Waals surface area contributed by atoms with Gasteiger partial charge in [0.25, 0.3) is 0 Å². The van der Waals surface area contributed by atoms with Crippen LogP contribution in [0.2, 0.25) is 19.6 Å². The van der Waals surface area contributed by atoms with Crippen molar-refractivity contribution in [2.45, 2.75) is 51.6 Å². The molecule has 0 aromatic heterocycles. The van der Waals surface area contributed by atoms with Crippen molar-refractivity contribution < 1.29 is 9.47 Å². The minimum atomic E-state index is -1.25. The monoisotopic (exact) mass is 252 g/mol. The van der Waals surface area contributed by atoms with Crippen LogP contribution in [0.4, 0.5) is 0 Å². The van der Waals surface area contributed by atoms with E-state index in [2.05, 4.69) is 31.1 Å². The van der Waals surface area contributed by atoms with E-state index in [4.69, 9.17) is 9.47 Å². The molecule has 0 bridgehead atoms. The molecule has 1 aliphatic carbocycles. The van der Waals surface area contributed by atoms with E-state index in [1.54, 1.807) is 0 Å². The highest BCUT2D eigenvalue weighted by Gasteiger charge is 2.34. The van der Waals surface area contributed by atoms with Gasteiger partial charge in [-0.25, -0.2) is 0 Å². The summed E-state index contributed by atoms with van der Waals surface area (Å²) in [6.07, 6.45) is 5.09. The standard InChI is InChI=1S/C14H24O2Si/c1-17(2,3)11-8-12-6-4-5-7-13(12)14-15-9-10-16-14/h12-14H,4-7,9-10H2,1-3H3/t12-,13+/m0/s1. The molecule has 0 aromatic rings. The molecule has 0 N–H and O–H groups in total. The van der Waals surface area contributed by atoms with E-state index >= 15 is 0 Å². The van der Waals surface area contributed by atoms with Gasteiger partial charge in [0.15, 0.2) is 6.29 Å². The highest BCUT2D eigenvalue weighted by Crippen LogP contribution is 2.35. The summed E-state index contributed by atoms with van der Waals surface area (Å²) in [5.41, 5.74) is 3.52. The van der Waals surface area contributed by atoms with E-state index < -0.39 is 8.07 Å². The Balaban J connectivity index is 2.03.